The van der Waals surface area contributed by atoms with E-state index < -0.39 is 21.2 Å². The van der Waals surface area contributed by atoms with Gasteiger partial charge in [-0.15, -0.1) is 0 Å². The highest BCUT2D eigenvalue weighted by Crippen LogP contribution is 2.38. The van der Waals surface area contributed by atoms with Crippen LogP contribution in [0.3, 0.4) is 0 Å². The second-order valence-electron chi connectivity index (χ2n) is 7.30. The van der Waals surface area contributed by atoms with Crippen molar-refractivity contribution in [1.82, 2.24) is 9.55 Å². The molecule has 2 heterocycles. The SMILES string of the molecule is COc1cc(Cn2c(=O)c([I+]c3ccccc3)c(O)c3ccc(C)nc32)cc(OC)c1OC. The highest BCUT2D eigenvalue weighted by molar-refractivity contribution is 5.81. The van der Waals surface area contributed by atoms with Crippen molar-refractivity contribution in [3.8, 4) is 23.0 Å². The van der Waals surface area contributed by atoms with Crippen LogP contribution in [0.1, 0.15) is 11.3 Å². The number of methoxy groups -OCH3 is 3. The van der Waals surface area contributed by atoms with Crippen molar-refractivity contribution in [2.75, 3.05) is 21.3 Å². The maximum atomic E-state index is 13.7. The van der Waals surface area contributed by atoms with Gasteiger partial charge in [0.2, 0.25) is 5.75 Å². The van der Waals surface area contributed by atoms with Crippen LogP contribution in [0.25, 0.3) is 11.0 Å². The quantitative estimate of drug-likeness (QED) is 0.335. The Morgan fingerprint density at radius 1 is 0.970 bits per heavy atom. The molecule has 0 saturated carbocycles. The van der Waals surface area contributed by atoms with Gasteiger partial charge in [-0.25, -0.2) is 4.98 Å². The van der Waals surface area contributed by atoms with E-state index in [1.807, 2.05) is 61.5 Å². The van der Waals surface area contributed by atoms with Crippen molar-refractivity contribution in [2.24, 2.45) is 0 Å². The zero-order chi connectivity index (χ0) is 23.5. The third-order valence-electron chi connectivity index (χ3n) is 5.17. The lowest BCUT2D eigenvalue weighted by Crippen LogP contribution is -3.62. The topological polar surface area (TPSA) is 82.8 Å². The number of fused-ring (bicyclic) bond motifs is 1. The van der Waals surface area contributed by atoms with E-state index in [-0.39, 0.29) is 17.9 Å². The van der Waals surface area contributed by atoms with Crippen molar-refractivity contribution in [2.45, 2.75) is 13.5 Å². The molecule has 0 bridgehead atoms. The van der Waals surface area contributed by atoms with E-state index in [1.54, 1.807) is 25.9 Å². The third kappa shape index (κ3) is 4.47. The van der Waals surface area contributed by atoms with Crippen LogP contribution in [0.5, 0.6) is 23.0 Å². The fourth-order valence-corrected chi connectivity index (χ4v) is 6.06. The maximum Gasteiger partial charge on any atom is 0.368 e. The second-order valence-corrected chi connectivity index (χ2v) is 10.2. The molecule has 4 rings (SSSR count). The Morgan fingerprint density at radius 2 is 1.64 bits per heavy atom. The fraction of sp³-hybridized carbons (Fsp3) is 0.200. The first-order valence-electron chi connectivity index (χ1n) is 10.2. The molecule has 0 radical (unpaired) electrons. The number of benzene rings is 2. The largest absolute Gasteiger partial charge is 0.503 e. The summed E-state index contributed by atoms with van der Waals surface area (Å²) in [7, 11) is 4.65. The van der Waals surface area contributed by atoms with E-state index in [2.05, 4.69) is 4.98 Å². The van der Waals surface area contributed by atoms with Crippen LogP contribution in [-0.4, -0.2) is 36.0 Å². The molecule has 8 heteroatoms. The molecule has 0 unspecified atom stereocenters. The van der Waals surface area contributed by atoms with Crippen LogP contribution >= 0.6 is 0 Å². The number of aromatic hydroxyl groups is 1. The molecule has 33 heavy (non-hydrogen) atoms. The molecule has 2 aromatic heterocycles. The Balaban J connectivity index is 1.92. The molecule has 1 N–H and O–H groups in total. The van der Waals surface area contributed by atoms with Gasteiger partial charge in [0.1, 0.15) is 5.65 Å². The first-order chi connectivity index (χ1) is 16.0. The zero-order valence-electron chi connectivity index (χ0n) is 18.8. The number of halogens is 1. The predicted octanol–water partition coefficient (Wildman–Crippen LogP) is 0.613. The zero-order valence-corrected chi connectivity index (χ0v) is 20.9. The van der Waals surface area contributed by atoms with Crippen molar-refractivity contribution in [3.05, 3.63) is 83.3 Å². The van der Waals surface area contributed by atoms with Crippen molar-refractivity contribution in [3.63, 3.8) is 0 Å². The Labute approximate surface area is 201 Å². The highest BCUT2D eigenvalue weighted by atomic mass is 127. The van der Waals surface area contributed by atoms with Crippen LogP contribution < -0.4 is 41.0 Å². The molecular weight excluding hydrogens is 535 g/mol. The van der Waals surface area contributed by atoms with Gasteiger partial charge in [-0.3, -0.25) is 9.36 Å². The lowest BCUT2D eigenvalue weighted by molar-refractivity contribution is -0.600. The molecule has 0 amide bonds. The Hall–Kier alpha value is -3.27. The number of pyridine rings is 2. The van der Waals surface area contributed by atoms with Crippen molar-refractivity contribution in [1.29, 1.82) is 0 Å². The van der Waals surface area contributed by atoms with Gasteiger partial charge in [0.15, 0.2) is 20.8 Å². The first-order valence-corrected chi connectivity index (χ1v) is 12.3. The second kappa shape index (κ2) is 9.70. The van der Waals surface area contributed by atoms with E-state index in [0.717, 1.165) is 14.8 Å². The number of aryl methyl sites for hydroxylation is 1. The van der Waals surface area contributed by atoms with Crippen LogP contribution in [0.15, 0.2) is 59.4 Å². The van der Waals surface area contributed by atoms with Crippen LogP contribution in [0, 0.1) is 14.1 Å². The Morgan fingerprint density at radius 3 is 2.24 bits per heavy atom. The summed E-state index contributed by atoms with van der Waals surface area (Å²) in [5.74, 6) is 1.50. The minimum atomic E-state index is -0.898. The van der Waals surface area contributed by atoms with E-state index in [4.69, 9.17) is 14.2 Å². The number of nitrogens with zero attached hydrogens (tertiary/aromatic N) is 2. The minimum Gasteiger partial charge on any atom is -0.503 e. The average molecular weight is 559 g/mol. The monoisotopic (exact) mass is 559 g/mol. The number of aromatic nitrogens is 2. The van der Waals surface area contributed by atoms with E-state index >= 15 is 0 Å². The lowest BCUT2D eigenvalue weighted by Gasteiger charge is -2.16. The minimum absolute atomic E-state index is 0.0142. The maximum absolute atomic E-state index is 13.7. The van der Waals surface area contributed by atoms with Gasteiger partial charge >= 0.3 is 30.3 Å². The van der Waals surface area contributed by atoms with Crippen LogP contribution in [0.4, 0.5) is 0 Å². The van der Waals surface area contributed by atoms with Gasteiger partial charge in [-0.1, -0.05) is 18.2 Å². The molecule has 170 valence electrons. The Kier molecular flexibility index (Phi) is 6.73. The predicted molar refractivity (Wildman–Crippen MR) is 121 cm³/mol. The van der Waals surface area contributed by atoms with Crippen molar-refractivity contribution >= 4 is 11.0 Å². The summed E-state index contributed by atoms with van der Waals surface area (Å²) in [5.41, 5.74) is 1.73. The van der Waals surface area contributed by atoms with Gasteiger partial charge in [-0.2, -0.15) is 0 Å². The van der Waals surface area contributed by atoms with Crippen molar-refractivity contribution < 1.29 is 40.5 Å². The smallest absolute Gasteiger partial charge is 0.368 e. The van der Waals surface area contributed by atoms with Gasteiger partial charge in [-0.05, 0) is 48.9 Å². The summed E-state index contributed by atoms with van der Waals surface area (Å²) in [6.45, 7) is 2.09. The number of hydrogen-bond donors (Lipinski definition) is 1. The summed E-state index contributed by atoms with van der Waals surface area (Å²) < 4.78 is 19.5. The lowest BCUT2D eigenvalue weighted by atomic mass is 10.1. The van der Waals surface area contributed by atoms with Crippen LogP contribution in [-0.2, 0) is 6.54 Å². The van der Waals surface area contributed by atoms with Crippen LogP contribution in [0.2, 0.25) is 0 Å². The molecule has 0 atom stereocenters. The number of rotatable bonds is 7. The van der Waals surface area contributed by atoms with E-state index in [0.29, 0.717) is 31.9 Å². The molecule has 0 spiro atoms. The summed E-state index contributed by atoms with van der Waals surface area (Å²) in [6, 6.07) is 17.0. The summed E-state index contributed by atoms with van der Waals surface area (Å²) in [5, 5.41) is 11.6. The molecule has 0 saturated heterocycles. The summed E-state index contributed by atoms with van der Waals surface area (Å²) in [6.07, 6.45) is 0. The van der Waals surface area contributed by atoms with Gasteiger partial charge in [0.25, 0.3) is 0 Å². The molecule has 0 fully saturated rings. The van der Waals surface area contributed by atoms with Gasteiger partial charge in [0, 0.05) is 5.69 Å². The molecule has 4 aromatic rings. The van der Waals surface area contributed by atoms with Gasteiger partial charge in [0.05, 0.1) is 33.3 Å². The average Bonchev–Trinajstić information content (AvgIpc) is 2.84. The first kappa shape index (κ1) is 22.9. The molecule has 0 aliphatic heterocycles. The third-order valence-corrected chi connectivity index (χ3v) is 8.02. The number of hydrogen-bond acceptors (Lipinski definition) is 6. The van der Waals surface area contributed by atoms with E-state index in [1.165, 1.54) is 0 Å². The fourth-order valence-electron chi connectivity index (χ4n) is 3.60. The van der Waals surface area contributed by atoms with Gasteiger partial charge < -0.3 is 19.3 Å². The standard InChI is InChI=1S/C25H23IN2O5/c1-15-10-11-18-22(29)21(26-17-8-6-5-7-9-17)25(30)28(24(18)27-15)14-16-12-19(31-2)23(33-4)20(13-16)32-3/h5-13H,14H2,1-4H3/p+1. The molecule has 0 aliphatic carbocycles. The molecule has 7 nitrogen and oxygen atoms in total. The molecule has 2 aromatic carbocycles. The van der Waals surface area contributed by atoms with E-state index in [9.17, 15) is 9.90 Å². The summed E-state index contributed by atoms with van der Waals surface area (Å²) in [4.78, 5) is 18.2. The normalized spacial score (nSPS) is 10.9. The Bertz CT molecular complexity index is 1340. The highest BCUT2D eigenvalue weighted by Gasteiger charge is 2.30. The number of ether oxygens (including phenoxy) is 3. The summed E-state index contributed by atoms with van der Waals surface area (Å²) >= 11 is -0.898. The molecule has 0 aliphatic rings. The molecular formula is C25H24IN2O5+.